The van der Waals surface area contributed by atoms with Crippen LogP contribution in [0.1, 0.15) is 66.5 Å². The lowest BCUT2D eigenvalue weighted by atomic mass is 9.92. The zero-order valence-corrected chi connectivity index (χ0v) is 19.1. The highest BCUT2D eigenvalue weighted by molar-refractivity contribution is 7.98. The lowest BCUT2D eigenvalue weighted by Gasteiger charge is -2.27. The molecule has 0 amide bonds. The highest BCUT2D eigenvalue weighted by Gasteiger charge is 2.22. The summed E-state index contributed by atoms with van der Waals surface area (Å²) in [5.74, 6) is 0. The average Bonchev–Trinajstić information content (AvgIpc) is 2.72. The van der Waals surface area contributed by atoms with Crippen molar-refractivity contribution in [3.8, 4) is 0 Å². The molecular weight excluding hydrogens is 338 g/mol. The molecule has 2 nitrogen and oxygen atoms in total. The maximum absolute atomic E-state index is 5.76. The average molecular weight is 378 g/mol. The molecule has 2 rings (SSSR count). The van der Waals surface area contributed by atoms with Gasteiger partial charge in [0.15, 0.2) is 0 Å². The highest BCUT2D eigenvalue weighted by atomic mass is 32.2. The monoisotopic (exact) mass is 377 g/mol. The molecule has 1 aromatic heterocycles. The minimum Gasteiger partial charge on any atom is -0.371 e. The number of aryl methyl sites for hydroxylation is 1. The third-order valence-corrected chi connectivity index (χ3v) is 4.06. The summed E-state index contributed by atoms with van der Waals surface area (Å²) in [5.41, 5.74) is 2.52. The van der Waals surface area contributed by atoms with E-state index in [1.807, 2.05) is 59.1 Å². The van der Waals surface area contributed by atoms with E-state index in [4.69, 9.17) is 4.74 Å². The first-order chi connectivity index (χ1) is 12.5. The summed E-state index contributed by atoms with van der Waals surface area (Å²) in [7, 11) is 0. The SMILES string of the molecule is CC.CC.CCOC(C)(C)c1ccccc1CC.CSc1ccccn1. The van der Waals surface area contributed by atoms with Gasteiger partial charge in [0.1, 0.15) is 0 Å². The molecule has 1 aromatic carbocycles. The molecule has 0 spiro atoms. The zero-order valence-electron chi connectivity index (χ0n) is 18.3. The van der Waals surface area contributed by atoms with E-state index in [1.165, 1.54) is 11.1 Å². The topological polar surface area (TPSA) is 22.1 Å². The van der Waals surface area contributed by atoms with Crippen molar-refractivity contribution in [2.24, 2.45) is 0 Å². The van der Waals surface area contributed by atoms with Gasteiger partial charge in [0.05, 0.1) is 10.6 Å². The molecule has 0 bridgehead atoms. The van der Waals surface area contributed by atoms with E-state index in [1.54, 1.807) is 18.0 Å². The lowest BCUT2D eigenvalue weighted by molar-refractivity contribution is -0.0146. The molecule has 3 heteroatoms. The Balaban J connectivity index is 0. The van der Waals surface area contributed by atoms with Crippen molar-refractivity contribution in [3.05, 3.63) is 59.8 Å². The maximum atomic E-state index is 5.76. The first-order valence-electron chi connectivity index (χ1n) is 9.72. The molecule has 0 N–H and O–H groups in total. The van der Waals surface area contributed by atoms with Crippen LogP contribution in [0, 0.1) is 0 Å². The van der Waals surface area contributed by atoms with Crippen LogP contribution in [0.4, 0.5) is 0 Å². The second-order valence-electron chi connectivity index (χ2n) is 5.33. The molecule has 2 aromatic rings. The van der Waals surface area contributed by atoms with Crippen molar-refractivity contribution < 1.29 is 4.74 Å². The summed E-state index contributed by atoms with van der Waals surface area (Å²) in [4.78, 5) is 4.06. The molecule has 0 unspecified atom stereocenters. The van der Waals surface area contributed by atoms with E-state index >= 15 is 0 Å². The van der Waals surface area contributed by atoms with Crippen LogP contribution in [0.3, 0.4) is 0 Å². The fourth-order valence-corrected chi connectivity index (χ4v) is 2.70. The van der Waals surface area contributed by atoms with Crippen LogP contribution >= 0.6 is 11.8 Å². The quantitative estimate of drug-likeness (QED) is 0.507. The van der Waals surface area contributed by atoms with Gasteiger partial charge in [0, 0.05) is 12.8 Å². The van der Waals surface area contributed by atoms with Gasteiger partial charge >= 0.3 is 0 Å². The van der Waals surface area contributed by atoms with Crippen molar-refractivity contribution in [1.82, 2.24) is 4.98 Å². The third-order valence-electron chi connectivity index (χ3n) is 3.40. The molecule has 0 fully saturated rings. The first-order valence-corrected chi connectivity index (χ1v) is 10.9. The standard InChI is InChI=1S/C13H20O.C6H7NS.2C2H6/c1-5-11-9-7-8-10-12(11)13(3,4)14-6-2;1-8-6-4-2-3-5-7-6;2*1-2/h7-10H,5-6H2,1-4H3;2-5H,1H3;2*1-2H3. The van der Waals surface area contributed by atoms with Crippen molar-refractivity contribution in [3.63, 3.8) is 0 Å². The fraction of sp³-hybridized carbons (Fsp3) is 0.522. The number of nitrogens with zero attached hydrogens (tertiary/aromatic N) is 1. The summed E-state index contributed by atoms with van der Waals surface area (Å²) in [6.45, 7) is 17.2. The van der Waals surface area contributed by atoms with Crippen molar-refractivity contribution in [1.29, 1.82) is 0 Å². The predicted molar refractivity (Wildman–Crippen MR) is 119 cm³/mol. The van der Waals surface area contributed by atoms with Gasteiger partial charge in [0.2, 0.25) is 0 Å². The number of pyridine rings is 1. The number of thioether (sulfide) groups is 1. The Morgan fingerprint density at radius 3 is 1.92 bits per heavy atom. The minimum absolute atomic E-state index is 0.165. The number of hydrogen-bond donors (Lipinski definition) is 0. The second-order valence-corrected chi connectivity index (χ2v) is 6.15. The van der Waals surface area contributed by atoms with E-state index in [0.29, 0.717) is 0 Å². The van der Waals surface area contributed by atoms with Gasteiger partial charge in [-0.3, -0.25) is 0 Å². The Labute approximate surface area is 166 Å². The maximum Gasteiger partial charge on any atom is 0.0957 e. The second kappa shape index (κ2) is 17.1. The Hall–Kier alpha value is -1.32. The summed E-state index contributed by atoms with van der Waals surface area (Å²) in [6, 6.07) is 14.4. The number of rotatable bonds is 5. The largest absolute Gasteiger partial charge is 0.371 e. The summed E-state index contributed by atoms with van der Waals surface area (Å²) in [6.07, 6.45) is 4.88. The smallest absolute Gasteiger partial charge is 0.0957 e. The molecule has 0 saturated carbocycles. The molecule has 26 heavy (non-hydrogen) atoms. The summed E-state index contributed by atoms with van der Waals surface area (Å²) < 4.78 is 5.76. The minimum atomic E-state index is -0.165. The fourth-order valence-electron chi connectivity index (χ4n) is 2.32. The Kier molecular flexibility index (Phi) is 17.7. The number of ether oxygens (including phenoxy) is 1. The lowest BCUT2D eigenvalue weighted by Crippen LogP contribution is -2.23. The molecule has 0 aliphatic heterocycles. The van der Waals surface area contributed by atoms with Gasteiger partial charge in [-0.2, -0.15) is 0 Å². The predicted octanol–water partition coefficient (Wildman–Crippen LogP) is 7.38. The first kappa shape index (κ1) is 26.9. The normalized spacial score (nSPS) is 9.58. The molecule has 0 aliphatic rings. The molecule has 0 radical (unpaired) electrons. The molecule has 1 heterocycles. The van der Waals surface area contributed by atoms with Crippen LogP contribution < -0.4 is 0 Å². The third kappa shape index (κ3) is 10.6. The molecule has 0 saturated heterocycles. The Bertz CT molecular complexity index is 541. The van der Waals surface area contributed by atoms with Gasteiger partial charge < -0.3 is 4.74 Å². The van der Waals surface area contributed by atoms with Crippen molar-refractivity contribution in [2.75, 3.05) is 12.9 Å². The number of benzene rings is 1. The summed E-state index contributed by atoms with van der Waals surface area (Å²) >= 11 is 1.66. The van der Waals surface area contributed by atoms with E-state index in [9.17, 15) is 0 Å². The Morgan fingerprint density at radius 1 is 0.923 bits per heavy atom. The highest BCUT2D eigenvalue weighted by Crippen LogP contribution is 2.27. The number of hydrogen-bond acceptors (Lipinski definition) is 3. The van der Waals surface area contributed by atoms with Crippen molar-refractivity contribution in [2.45, 2.75) is 72.4 Å². The van der Waals surface area contributed by atoms with Crippen LogP contribution in [-0.2, 0) is 16.8 Å². The van der Waals surface area contributed by atoms with Crippen molar-refractivity contribution >= 4 is 11.8 Å². The number of aromatic nitrogens is 1. The van der Waals surface area contributed by atoms with E-state index < -0.39 is 0 Å². The molecular formula is C23H39NOS. The van der Waals surface area contributed by atoms with E-state index in [0.717, 1.165) is 18.1 Å². The molecule has 0 aliphatic carbocycles. The van der Waals surface area contributed by atoms with Gasteiger partial charge in [-0.1, -0.05) is 65.0 Å². The Morgan fingerprint density at radius 2 is 1.50 bits per heavy atom. The van der Waals surface area contributed by atoms with Gasteiger partial charge in [0.25, 0.3) is 0 Å². The van der Waals surface area contributed by atoms with Gasteiger partial charge in [-0.25, -0.2) is 4.98 Å². The van der Waals surface area contributed by atoms with Gasteiger partial charge in [-0.15, -0.1) is 11.8 Å². The molecule has 148 valence electrons. The summed E-state index contributed by atoms with van der Waals surface area (Å²) in [5, 5.41) is 1.08. The zero-order chi connectivity index (χ0) is 20.4. The van der Waals surface area contributed by atoms with Gasteiger partial charge in [-0.05, 0) is 56.7 Å². The van der Waals surface area contributed by atoms with E-state index in [2.05, 4.69) is 50.0 Å². The van der Waals surface area contributed by atoms with Crippen LogP contribution in [0.5, 0.6) is 0 Å². The van der Waals surface area contributed by atoms with Crippen LogP contribution in [0.2, 0.25) is 0 Å². The van der Waals surface area contributed by atoms with Crippen LogP contribution in [-0.4, -0.2) is 17.8 Å². The van der Waals surface area contributed by atoms with E-state index in [-0.39, 0.29) is 5.60 Å². The van der Waals surface area contributed by atoms with Crippen LogP contribution in [0.15, 0.2) is 53.7 Å². The van der Waals surface area contributed by atoms with Crippen LogP contribution in [0.25, 0.3) is 0 Å². The molecule has 0 atom stereocenters.